The van der Waals surface area contributed by atoms with Crippen LogP contribution in [0.4, 0.5) is 0 Å². The van der Waals surface area contributed by atoms with Crippen molar-refractivity contribution in [2.24, 2.45) is 0 Å². The Hall–Kier alpha value is -2.01. The molecule has 118 valence electrons. The highest BCUT2D eigenvalue weighted by Gasteiger charge is 2.32. The lowest BCUT2D eigenvalue weighted by atomic mass is 10.0. The fourth-order valence-corrected chi connectivity index (χ4v) is 3.14. The highest BCUT2D eigenvalue weighted by molar-refractivity contribution is 7.99. The molecular formula is C17H22N2O2S. The van der Waals surface area contributed by atoms with Crippen LogP contribution in [0.3, 0.4) is 0 Å². The van der Waals surface area contributed by atoms with Gasteiger partial charge in [0, 0.05) is 0 Å². The van der Waals surface area contributed by atoms with E-state index in [9.17, 15) is 4.79 Å². The number of carbonyl (C=O) groups is 1. The van der Waals surface area contributed by atoms with E-state index in [1.807, 2.05) is 49.6 Å². The Morgan fingerprint density at radius 3 is 2.50 bits per heavy atom. The van der Waals surface area contributed by atoms with Crippen LogP contribution in [0.2, 0.25) is 0 Å². The Labute approximate surface area is 136 Å². The number of methoxy groups -OCH3 is 1. The van der Waals surface area contributed by atoms with Crippen molar-refractivity contribution < 1.29 is 9.53 Å². The van der Waals surface area contributed by atoms with Gasteiger partial charge in [-0.1, -0.05) is 49.1 Å². The summed E-state index contributed by atoms with van der Waals surface area (Å²) in [7, 11) is 1.36. The molecule has 5 heteroatoms. The molecule has 0 aromatic heterocycles. The van der Waals surface area contributed by atoms with Crippen LogP contribution >= 0.6 is 11.8 Å². The van der Waals surface area contributed by atoms with E-state index in [-0.39, 0.29) is 11.3 Å². The van der Waals surface area contributed by atoms with Crippen LogP contribution in [0, 0.1) is 5.41 Å². The molecule has 0 spiro atoms. The number of benzene rings is 1. The van der Waals surface area contributed by atoms with Crippen molar-refractivity contribution in [1.82, 2.24) is 4.90 Å². The topological polar surface area (TPSA) is 53.4 Å². The van der Waals surface area contributed by atoms with Crippen LogP contribution < -0.4 is 0 Å². The fourth-order valence-electron chi connectivity index (χ4n) is 2.27. The Bertz CT molecular complexity index is 543. The third-order valence-electron chi connectivity index (χ3n) is 3.25. The average molecular weight is 318 g/mol. The number of hydrogen-bond donors (Lipinski definition) is 1. The zero-order valence-corrected chi connectivity index (χ0v) is 14.0. The highest BCUT2D eigenvalue weighted by Crippen LogP contribution is 2.30. The molecule has 0 heterocycles. The van der Waals surface area contributed by atoms with E-state index in [2.05, 4.69) is 6.58 Å². The number of rotatable bonds is 8. The van der Waals surface area contributed by atoms with Crippen molar-refractivity contribution in [3.8, 4) is 0 Å². The van der Waals surface area contributed by atoms with Crippen LogP contribution in [-0.4, -0.2) is 35.9 Å². The minimum absolute atomic E-state index is 0.153. The predicted molar refractivity (Wildman–Crippen MR) is 93.1 cm³/mol. The number of thioether (sulfide) groups is 1. The standard InChI is InChI=1S/C17H22N2O2S/c1-5-9-13(2)16(22-4)19(12-18)15(17(20)21-3)14-10-7-6-8-11-14/h5-12,15-16,18H,1H2,2-4H3/b13-9-,18-12?/t15?,16-/m0/s1. The summed E-state index contributed by atoms with van der Waals surface area (Å²) in [6, 6.07) is 8.70. The first kappa shape index (κ1) is 18.0. The summed E-state index contributed by atoms with van der Waals surface area (Å²) >= 11 is 1.55. The Morgan fingerprint density at radius 1 is 1.41 bits per heavy atom. The molecule has 0 fully saturated rings. The van der Waals surface area contributed by atoms with Gasteiger partial charge in [0.25, 0.3) is 0 Å². The van der Waals surface area contributed by atoms with Crippen LogP contribution in [0.25, 0.3) is 0 Å². The molecule has 0 radical (unpaired) electrons. The Balaban J connectivity index is 3.30. The predicted octanol–water partition coefficient (Wildman–Crippen LogP) is 3.63. The van der Waals surface area contributed by atoms with E-state index < -0.39 is 6.04 Å². The van der Waals surface area contributed by atoms with E-state index in [1.54, 1.807) is 22.7 Å². The normalized spacial score (nSPS) is 13.9. The molecule has 0 aliphatic heterocycles. The maximum atomic E-state index is 12.3. The molecule has 0 aliphatic rings. The SMILES string of the molecule is C=C/C=C(/C)[C@H](SC)N(C=N)C(C(=O)OC)c1ccccc1. The second kappa shape index (κ2) is 9.10. The number of hydrogen-bond acceptors (Lipinski definition) is 4. The van der Waals surface area contributed by atoms with Crippen molar-refractivity contribution in [1.29, 1.82) is 5.41 Å². The largest absolute Gasteiger partial charge is 0.467 e. The summed E-state index contributed by atoms with van der Waals surface area (Å²) in [5.41, 5.74) is 1.80. The van der Waals surface area contributed by atoms with E-state index in [0.717, 1.165) is 11.1 Å². The first-order valence-electron chi connectivity index (χ1n) is 6.83. The number of carbonyl (C=O) groups excluding carboxylic acids is 1. The lowest BCUT2D eigenvalue weighted by Crippen LogP contribution is -2.40. The molecule has 1 rings (SSSR count). The van der Waals surface area contributed by atoms with Gasteiger partial charge in [-0.2, -0.15) is 0 Å². The number of nitrogens with zero attached hydrogens (tertiary/aromatic N) is 1. The monoisotopic (exact) mass is 318 g/mol. The smallest absolute Gasteiger partial charge is 0.333 e. The van der Waals surface area contributed by atoms with Crippen LogP contribution in [-0.2, 0) is 9.53 Å². The van der Waals surface area contributed by atoms with Gasteiger partial charge in [0.1, 0.15) is 0 Å². The van der Waals surface area contributed by atoms with Crippen molar-refractivity contribution in [2.45, 2.75) is 18.3 Å². The summed E-state index contributed by atoms with van der Waals surface area (Å²) in [4.78, 5) is 14.0. The summed E-state index contributed by atoms with van der Waals surface area (Å²) < 4.78 is 4.95. The van der Waals surface area contributed by atoms with Crippen LogP contribution in [0.5, 0.6) is 0 Å². The third kappa shape index (κ3) is 4.24. The molecule has 0 saturated carbocycles. The quantitative estimate of drug-likeness (QED) is 0.261. The van der Waals surface area contributed by atoms with Gasteiger partial charge in [-0.05, 0) is 24.3 Å². The fraction of sp³-hybridized carbons (Fsp3) is 0.294. The molecule has 4 nitrogen and oxygen atoms in total. The van der Waals surface area contributed by atoms with Gasteiger partial charge in [0.2, 0.25) is 0 Å². The highest BCUT2D eigenvalue weighted by atomic mass is 32.2. The second-order valence-electron chi connectivity index (χ2n) is 4.65. The summed E-state index contributed by atoms with van der Waals surface area (Å²) in [5.74, 6) is -0.389. The Morgan fingerprint density at radius 2 is 2.05 bits per heavy atom. The van der Waals surface area contributed by atoms with Crippen molar-refractivity contribution in [3.05, 3.63) is 60.2 Å². The molecule has 1 N–H and O–H groups in total. The lowest BCUT2D eigenvalue weighted by Gasteiger charge is -2.34. The number of allylic oxidation sites excluding steroid dienone is 2. The van der Waals surface area contributed by atoms with Gasteiger partial charge in [0.15, 0.2) is 6.04 Å². The maximum Gasteiger partial charge on any atom is 0.333 e. The van der Waals surface area contributed by atoms with Crippen molar-refractivity contribution in [3.63, 3.8) is 0 Å². The van der Waals surface area contributed by atoms with Crippen LogP contribution in [0.15, 0.2) is 54.6 Å². The molecule has 1 aromatic carbocycles. The van der Waals surface area contributed by atoms with Gasteiger partial charge in [0.05, 0.1) is 18.8 Å². The van der Waals surface area contributed by atoms with Crippen LogP contribution in [0.1, 0.15) is 18.5 Å². The van der Waals surface area contributed by atoms with Crippen molar-refractivity contribution in [2.75, 3.05) is 13.4 Å². The van der Waals surface area contributed by atoms with E-state index in [0.29, 0.717) is 0 Å². The summed E-state index contributed by atoms with van der Waals surface area (Å²) in [5, 5.41) is 7.64. The minimum atomic E-state index is -0.658. The minimum Gasteiger partial charge on any atom is -0.467 e. The summed E-state index contributed by atoms with van der Waals surface area (Å²) in [6.45, 7) is 5.66. The van der Waals surface area contributed by atoms with Gasteiger partial charge in [-0.15, -0.1) is 11.8 Å². The second-order valence-corrected chi connectivity index (χ2v) is 5.57. The molecule has 0 bridgehead atoms. The molecule has 1 aromatic rings. The van der Waals surface area contributed by atoms with Gasteiger partial charge in [-0.3, -0.25) is 5.41 Å². The van der Waals surface area contributed by atoms with E-state index in [4.69, 9.17) is 10.1 Å². The maximum absolute atomic E-state index is 12.3. The molecule has 1 unspecified atom stereocenters. The van der Waals surface area contributed by atoms with Gasteiger partial charge >= 0.3 is 5.97 Å². The molecule has 0 saturated heterocycles. The van der Waals surface area contributed by atoms with E-state index in [1.165, 1.54) is 13.4 Å². The first-order chi connectivity index (χ1) is 10.6. The molecule has 22 heavy (non-hydrogen) atoms. The Kier molecular flexibility index (Phi) is 7.46. The van der Waals surface area contributed by atoms with Gasteiger partial charge < -0.3 is 9.64 Å². The molecular weight excluding hydrogens is 296 g/mol. The first-order valence-corrected chi connectivity index (χ1v) is 8.12. The zero-order valence-electron chi connectivity index (χ0n) is 13.2. The zero-order chi connectivity index (χ0) is 16.5. The van der Waals surface area contributed by atoms with Crippen molar-refractivity contribution >= 4 is 24.1 Å². The lowest BCUT2D eigenvalue weighted by molar-refractivity contribution is -0.145. The van der Waals surface area contributed by atoms with E-state index >= 15 is 0 Å². The average Bonchev–Trinajstić information content (AvgIpc) is 2.55. The number of nitrogens with one attached hydrogen (secondary N) is 1. The van der Waals surface area contributed by atoms with Gasteiger partial charge in [-0.25, -0.2) is 4.79 Å². The molecule has 2 atom stereocenters. The summed E-state index contributed by atoms with van der Waals surface area (Å²) in [6.07, 6.45) is 6.73. The molecule has 0 amide bonds. The number of ether oxygens (including phenoxy) is 1. The third-order valence-corrected chi connectivity index (χ3v) is 4.31. The molecule has 0 aliphatic carbocycles. The number of esters is 1.